The van der Waals surface area contributed by atoms with Crippen molar-refractivity contribution in [1.29, 1.82) is 0 Å². The van der Waals surface area contributed by atoms with E-state index in [4.69, 9.17) is 22.1 Å². The Hall–Kier alpha value is -3.80. The van der Waals surface area contributed by atoms with E-state index in [1.165, 1.54) is 30.6 Å². The Morgan fingerprint density at radius 1 is 1.11 bits per heavy atom. The monoisotopic (exact) mass is 527 g/mol. The number of aryl methyl sites for hydroxylation is 1. The zero-order chi connectivity index (χ0) is 26.1. The second-order valence-electron chi connectivity index (χ2n) is 8.69. The van der Waals surface area contributed by atoms with Crippen LogP contribution in [0.2, 0.25) is 5.02 Å². The Balaban J connectivity index is 1.45. The van der Waals surface area contributed by atoms with Crippen molar-refractivity contribution >= 4 is 40.3 Å². The van der Waals surface area contributed by atoms with Gasteiger partial charge in [0.25, 0.3) is 0 Å². The number of nitrogens with two attached hydrogens (primary N) is 1. The maximum atomic E-state index is 15.1. The van der Waals surface area contributed by atoms with Gasteiger partial charge in [-0.2, -0.15) is 5.10 Å². The lowest BCUT2D eigenvalue weighted by atomic mass is 10.1. The molecule has 2 aromatic carbocycles. The summed E-state index contributed by atoms with van der Waals surface area (Å²) in [7, 11) is 0. The van der Waals surface area contributed by atoms with Crippen LogP contribution >= 0.6 is 11.6 Å². The van der Waals surface area contributed by atoms with E-state index in [1.54, 1.807) is 23.6 Å². The molecule has 4 aromatic rings. The first-order valence-corrected chi connectivity index (χ1v) is 11.9. The average molecular weight is 528 g/mol. The summed E-state index contributed by atoms with van der Waals surface area (Å²) in [4.78, 5) is 18.7. The Bertz CT molecular complexity index is 1490. The molecule has 9 nitrogen and oxygen atoms in total. The van der Waals surface area contributed by atoms with E-state index in [-0.39, 0.29) is 17.2 Å². The Labute approximate surface area is 216 Å². The molecule has 3 heterocycles. The van der Waals surface area contributed by atoms with Crippen molar-refractivity contribution in [3.05, 3.63) is 70.6 Å². The number of nitrogen functional groups attached to an aromatic ring is 1. The summed E-state index contributed by atoms with van der Waals surface area (Å²) in [6.07, 6.45) is 1.34. The lowest BCUT2D eigenvalue weighted by Crippen LogP contribution is -2.36. The lowest BCUT2D eigenvalue weighted by molar-refractivity contribution is 0.0334. The quantitative estimate of drug-likeness (QED) is 0.347. The molecule has 1 fully saturated rings. The van der Waals surface area contributed by atoms with E-state index in [0.29, 0.717) is 47.1 Å². The number of morpholine rings is 1. The maximum Gasteiger partial charge on any atom is 0.323 e. The molecular weight excluding hydrogens is 504 g/mol. The molecule has 1 aliphatic rings. The van der Waals surface area contributed by atoms with Crippen LogP contribution in [0, 0.1) is 18.6 Å². The smallest absolute Gasteiger partial charge is 0.323 e. The molecule has 0 atom stereocenters. The van der Waals surface area contributed by atoms with Crippen LogP contribution in [0.4, 0.5) is 30.8 Å². The number of amides is 2. The minimum Gasteiger partial charge on any atom is -0.382 e. The van der Waals surface area contributed by atoms with Crippen molar-refractivity contribution in [1.82, 2.24) is 19.5 Å². The first-order valence-electron chi connectivity index (χ1n) is 11.6. The van der Waals surface area contributed by atoms with Crippen LogP contribution in [-0.4, -0.2) is 51.8 Å². The first-order chi connectivity index (χ1) is 17.8. The normalized spacial score (nSPS) is 14.2. The first kappa shape index (κ1) is 24.9. The van der Waals surface area contributed by atoms with Gasteiger partial charge in [-0.3, -0.25) is 4.90 Å². The van der Waals surface area contributed by atoms with E-state index >= 15 is 4.39 Å². The lowest BCUT2D eigenvalue weighted by Gasteiger charge is -2.26. The predicted molar refractivity (Wildman–Crippen MR) is 138 cm³/mol. The van der Waals surface area contributed by atoms with E-state index < -0.39 is 17.7 Å². The Morgan fingerprint density at radius 3 is 2.62 bits per heavy atom. The molecule has 12 heteroatoms. The van der Waals surface area contributed by atoms with Gasteiger partial charge in [0.15, 0.2) is 5.82 Å². The summed E-state index contributed by atoms with van der Waals surface area (Å²) in [5.41, 5.74) is 8.93. The number of rotatable bonds is 5. The van der Waals surface area contributed by atoms with Crippen LogP contribution in [0.25, 0.3) is 16.6 Å². The zero-order valence-corrected chi connectivity index (χ0v) is 20.6. The largest absolute Gasteiger partial charge is 0.382 e. The van der Waals surface area contributed by atoms with Gasteiger partial charge in [-0.25, -0.2) is 23.1 Å². The van der Waals surface area contributed by atoms with E-state index in [0.717, 1.165) is 18.7 Å². The number of fused-ring (bicyclic) bond motifs is 1. The third kappa shape index (κ3) is 5.06. The van der Waals surface area contributed by atoms with Crippen molar-refractivity contribution in [3.8, 4) is 11.1 Å². The number of benzene rings is 2. The van der Waals surface area contributed by atoms with Crippen LogP contribution in [-0.2, 0) is 11.3 Å². The molecule has 0 unspecified atom stereocenters. The van der Waals surface area contributed by atoms with Gasteiger partial charge >= 0.3 is 6.03 Å². The fraction of sp³-hybridized carbons (Fsp3) is 0.240. The number of nitrogens with zero attached hydrogens (tertiary/aromatic N) is 4. The van der Waals surface area contributed by atoms with E-state index in [2.05, 4.69) is 25.6 Å². The van der Waals surface area contributed by atoms with Gasteiger partial charge in [0.1, 0.15) is 23.5 Å². The number of hydrogen-bond donors (Lipinski definition) is 3. The van der Waals surface area contributed by atoms with E-state index in [1.807, 2.05) is 0 Å². The minimum absolute atomic E-state index is 0.00939. The maximum absolute atomic E-state index is 15.1. The van der Waals surface area contributed by atoms with Gasteiger partial charge in [-0.1, -0.05) is 23.7 Å². The molecule has 2 aromatic heterocycles. The van der Waals surface area contributed by atoms with Gasteiger partial charge < -0.3 is 21.1 Å². The zero-order valence-electron chi connectivity index (χ0n) is 19.9. The van der Waals surface area contributed by atoms with Crippen molar-refractivity contribution in [2.75, 3.05) is 42.7 Å². The molecule has 4 N–H and O–H groups in total. The van der Waals surface area contributed by atoms with Crippen molar-refractivity contribution < 1.29 is 18.3 Å². The molecule has 0 saturated carbocycles. The molecule has 37 heavy (non-hydrogen) atoms. The molecule has 1 aliphatic heterocycles. The van der Waals surface area contributed by atoms with Gasteiger partial charge in [0, 0.05) is 25.2 Å². The van der Waals surface area contributed by atoms with Crippen LogP contribution in [0.3, 0.4) is 0 Å². The fourth-order valence-corrected chi connectivity index (χ4v) is 4.64. The number of carbonyl (C=O) groups excluding carboxylic acids is 1. The van der Waals surface area contributed by atoms with Crippen LogP contribution in [0.15, 0.2) is 42.7 Å². The third-order valence-corrected chi connectivity index (χ3v) is 6.54. The highest BCUT2D eigenvalue weighted by Gasteiger charge is 2.24. The second kappa shape index (κ2) is 10.3. The Kier molecular flexibility index (Phi) is 6.92. The number of hydrogen-bond acceptors (Lipinski definition) is 6. The van der Waals surface area contributed by atoms with Gasteiger partial charge in [0.2, 0.25) is 0 Å². The molecule has 0 aliphatic carbocycles. The topological polar surface area (TPSA) is 110 Å². The number of nitrogens with one attached hydrogen (secondary N) is 2. The molecule has 1 saturated heterocycles. The summed E-state index contributed by atoms with van der Waals surface area (Å²) in [5, 5.41) is 9.52. The fourth-order valence-electron chi connectivity index (χ4n) is 4.30. The summed E-state index contributed by atoms with van der Waals surface area (Å²) in [5.74, 6) is -1.11. The van der Waals surface area contributed by atoms with Crippen LogP contribution in [0.1, 0.15) is 11.3 Å². The number of anilines is 3. The molecule has 5 rings (SSSR count). The summed E-state index contributed by atoms with van der Waals surface area (Å²) >= 11 is 6.83. The molecule has 2 amide bonds. The SMILES string of the molecule is Cc1ccc(F)c(NC(=O)Nc2ccc(-c3c(Cl)c(CN4CCOCC4)n4ncnc(N)c34)cc2F)c1. The van der Waals surface area contributed by atoms with Crippen molar-refractivity contribution in [3.63, 3.8) is 0 Å². The highest BCUT2D eigenvalue weighted by atomic mass is 35.5. The standard InChI is InChI=1S/C25H24ClF2N7O2/c1-14-2-4-16(27)19(10-14)33-25(36)32-18-5-3-15(11-17(18)28)21-22(26)20(12-34-6-8-37-9-7-34)35-23(21)24(29)30-13-31-35/h2-5,10-11,13H,6-9,12H2,1H3,(H2,29,30,31)(H2,32,33,36). The second-order valence-corrected chi connectivity index (χ2v) is 9.06. The average Bonchev–Trinajstić information content (AvgIpc) is 3.16. The highest BCUT2D eigenvalue weighted by Crippen LogP contribution is 2.40. The summed E-state index contributed by atoms with van der Waals surface area (Å²) in [6.45, 7) is 4.98. The molecular formula is C25H24ClF2N7O2. The van der Waals surface area contributed by atoms with Crippen molar-refractivity contribution in [2.24, 2.45) is 0 Å². The molecule has 0 bridgehead atoms. The van der Waals surface area contributed by atoms with Gasteiger partial charge in [0.05, 0.1) is 35.3 Å². The number of halogens is 3. The van der Waals surface area contributed by atoms with Gasteiger partial charge in [-0.15, -0.1) is 0 Å². The van der Waals surface area contributed by atoms with Crippen LogP contribution < -0.4 is 16.4 Å². The van der Waals surface area contributed by atoms with Crippen molar-refractivity contribution in [2.45, 2.75) is 13.5 Å². The molecule has 192 valence electrons. The number of urea groups is 1. The summed E-state index contributed by atoms with van der Waals surface area (Å²) < 4.78 is 36.2. The number of carbonyl (C=O) groups is 1. The third-order valence-electron chi connectivity index (χ3n) is 6.14. The highest BCUT2D eigenvalue weighted by molar-refractivity contribution is 6.35. The predicted octanol–water partition coefficient (Wildman–Crippen LogP) is 4.69. The number of ether oxygens (including phenoxy) is 1. The minimum atomic E-state index is -0.783. The molecule has 0 radical (unpaired) electrons. The molecule has 0 spiro atoms. The van der Waals surface area contributed by atoms with Crippen LogP contribution in [0.5, 0.6) is 0 Å². The number of aromatic nitrogens is 3. The summed E-state index contributed by atoms with van der Waals surface area (Å²) in [6, 6.07) is 7.78. The Morgan fingerprint density at radius 2 is 1.86 bits per heavy atom. The van der Waals surface area contributed by atoms with E-state index in [9.17, 15) is 9.18 Å². The van der Waals surface area contributed by atoms with Gasteiger partial charge in [-0.05, 0) is 42.3 Å².